The summed E-state index contributed by atoms with van der Waals surface area (Å²) in [5.41, 5.74) is 0.939. The predicted octanol–water partition coefficient (Wildman–Crippen LogP) is 0.998. The molecule has 2 aromatic heterocycles. The Kier molecular flexibility index (Phi) is 4.56. The van der Waals surface area contributed by atoms with Gasteiger partial charge in [0.05, 0.1) is 16.6 Å². The lowest BCUT2D eigenvalue weighted by Crippen LogP contribution is -2.52. The van der Waals surface area contributed by atoms with Gasteiger partial charge in [-0.2, -0.15) is 0 Å². The Labute approximate surface area is 136 Å². The van der Waals surface area contributed by atoms with E-state index in [1.807, 2.05) is 11.4 Å². The maximum absolute atomic E-state index is 12.0. The quantitative estimate of drug-likeness (QED) is 0.865. The van der Waals surface area contributed by atoms with Gasteiger partial charge in [-0.15, -0.1) is 11.3 Å². The van der Waals surface area contributed by atoms with E-state index in [2.05, 4.69) is 20.2 Å². The summed E-state index contributed by atoms with van der Waals surface area (Å²) in [6.07, 6.45) is 1.50. The number of aliphatic carboxylic acids is 1. The zero-order valence-corrected chi connectivity index (χ0v) is 13.3. The van der Waals surface area contributed by atoms with Crippen molar-refractivity contribution >= 4 is 39.4 Å². The van der Waals surface area contributed by atoms with Crippen molar-refractivity contribution in [2.24, 2.45) is 0 Å². The highest BCUT2D eigenvalue weighted by Crippen LogP contribution is 2.28. The van der Waals surface area contributed by atoms with Gasteiger partial charge >= 0.3 is 12.0 Å². The standard InChI is InChI=1S/C14H17N5O3S/c20-11(21)1-3-15-14(22)19-6-4-18(5-7-19)13-12-10(2-8-23-12)16-9-17-13/h2,8-9H,1,3-7H2,(H,15,22)(H,20,21). The van der Waals surface area contributed by atoms with E-state index in [0.29, 0.717) is 26.2 Å². The van der Waals surface area contributed by atoms with Crippen LogP contribution in [0.1, 0.15) is 6.42 Å². The van der Waals surface area contributed by atoms with Gasteiger partial charge in [0.1, 0.15) is 12.1 Å². The molecule has 23 heavy (non-hydrogen) atoms. The highest BCUT2D eigenvalue weighted by molar-refractivity contribution is 7.17. The molecule has 122 valence electrons. The molecule has 2 N–H and O–H groups in total. The summed E-state index contributed by atoms with van der Waals surface area (Å²) < 4.78 is 1.06. The molecule has 0 aromatic carbocycles. The second kappa shape index (κ2) is 6.78. The molecule has 2 aromatic rings. The van der Waals surface area contributed by atoms with E-state index in [9.17, 15) is 9.59 Å². The largest absolute Gasteiger partial charge is 0.481 e. The number of carboxylic acid groups (broad SMARTS) is 1. The van der Waals surface area contributed by atoms with Gasteiger partial charge in [0, 0.05) is 32.7 Å². The first-order valence-corrected chi connectivity index (χ1v) is 8.21. The number of nitrogens with one attached hydrogen (secondary N) is 1. The molecular weight excluding hydrogens is 318 g/mol. The number of urea groups is 1. The van der Waals surface area contributed by atoms with Gasteiger partial charge in [0.15, 0.2) is 0 Å². The van der Waals surface area contributed by atoms with E-state index in [0.717, 1.165) is 16.0 Å². The highest BCUT2D eigenvalue weighted by Gasteiger charge is 2.23. The van der Waals surface area contributed by atoms with Crippen molar-refractivity contribution in [3.63, 3.8) is 0 Å². The fraction of sp³-hybridized carbons (Fsp3) is 0.429. The Morgan fingerprint density at radius 2 is 2.04 bits per heavy atom. The zero-order chi connectivity index (χ0) is 16.2. The van der Waals surface area contributed by atoms with Gasteiger partial charge in [0.25, 0.3) is 0 Å². The molecule has 2 amide bonds. The van der Waals surface area contributed by atoms with E-state index in [1.54, 1.807) is 22.6 Å². The van der Waals surface area contributed by atoms with Crippen LogP contribution >= 0.6 is 11.3 Å². The molecule has 0 saturated carbocycles. The highest BCUT2D eigenvalue weighted by atomic mass is 32.1. The molecule has 1 fully saturated rings. The molecule has 0 aliphatic carbocycles. The van der Waals surface area contributed by atoms with Gasteiger partial charge in [-0.25, -0.2) is 14.8 Å². The van der Waals surface area contributed by atoms with Crippen molar-refractivity contribution in [2.45, 2.75) is 6.42 Å². The van der Waals surface area contributed by atoms with E-state index < -0.39 is 5.97 Å². The van der Waals surface area contributed by atoms with Crippen LogP contribution in [0.2, 0.25) is 0 Å². The van der Waals surface area contributed by atoms with Crippen LogP contribution in [0.25, 0.3) is 10.2 Å². The van der Waals surface area contributed by atoms with Crippen molar-refractivity contribution in [1.82, 2.24) is 20.2 Å². The van der Waals surface area contributed by atoms with Gasteiger partial charge in [-0.1, -0.05) is 0 Å². The maximum Gasteiger partial charge on any atom is 0.317 e. The number of carbonyl (C=O) groups excluding carboxylic acids is 1. The van der Waals surface area contributed by atoms with Crippen molar-refractivity contribution in [2.75, 3.05) is 37.6 Å². The van der Waals surface area contributed by atoms with Gasteiger partial charge < -0.3 is 20.2 Å². The number of aromatic nitrogens is 2. The first-order chi connectivity index (χ1) is 11.1. The first kappa shape index (κ1) is 15.5. The van der Waals surface area contributed by atoms with Crippen LogP contribution in [0.5, 0.6) is 0 Å². The molecule has 0 bridgehead atoms. The lowest BCUT2D eigenvalue weighted by Gasteiger charge is -2.35. The average molecular weight is 335 g/mol. The Bertz CT molecular complexity index is 711. The second-order valence-corrected chi connectivity index (χ2v) is 6.10. The normalized spacial score (nSPS) is 15.0. The molecular formula is C14H17N5O3S. The summed E-state index contributed by atoms with van der Waals surface area (Å²) in [5.74, 6) is -0.00483. The molecule has 1 aliphatic rings. The van der Waals surface area contributed by atoms with E-state index >= 15 is 0 Å². The van der Waals surface area contributed by atoms with Crippen molar-refractivity contribution < 1.29 is 14.7 Å². The Balaban J connectivity index is 1.57. The van der Waals surface area contributed by atoms with Crippen LogP contribution in [-0.2, 0) is 4.79 Å². The summed E-state index contributed by atoms with van der Waals surface area (Å²) in [7, 11) is 0. The van der Waals surface area contributed by atoms with Crippen LogP contribution < -0.4 is 10.2 Å². The fourth-order valence-electron chi connectivity index (χ4n) is 2.51. The minimum Gasteiger partial charge on any atom is -0.481 e. The van der Waals surface area contributed by atoms with Crippen LogP contribution in [0, 0.1) is 0 Å². The number of rotatable bonds is 4. The molecule has 1 saturated heterocycles. The molecule has 8 nitrogen and oxygen atoms in total. The fourth-order valence-corrected chi connectivity index (χ4v) is 3.37. The maximum atomic E-state index is 12.0. The Morgan fingerprint density at radius 3 is 2.78 bits per heavy atom. The summed E-state index contributed by atoms with van der Waals surface area (Å²) in [6, 6.07) is 1.76. The summed E-state index contributed by atoms with van der Waals surface area (Å²) in [6.45, 7) is 2.69. The summed E-state index contributed by atoms with van der Waals surface area (Å²) in [4.78, 5) is 34.9. The molecule has 3 heterocycles. The number of carboxylic acids is 1. The van der Waals surface area contributed by atoms with Crippen LogP contribution in [0.15, 0.2) is 17.8 Å². The van der Waals surface area contributed by atoms with E-state index in [4.69, 9.17) is 5.11 Å². The summed E-state index contributed by atoms with van der Waals surface area (Å²) in [5, 5.41) is 13.2. The molecule has 1 aliphatic heterocycles. The van der Waals surface area contributed by atoms with Crippen LogP contribution in [-0.4, -0.2) is 64.7 Å². The Morgan fingerprint density at radius 1 is 1.26 bits per heavy atom. The van der Waals surface area contributed by atoms with Crippen molar-refractivity contribution in [3.05, 3.63) is 17.8 Å². The minimum atomic E-state index is -0.918. The first-order valence-electron chi connectivity index (χ1n) is 7.33. The van der Waals surface area contributed by atoms with Gasteiger partial charge in [0.2, 0.25) is 0 Å². The number of hydrogen-bond donors (Lipinski definition) is 2. The number of amides is 2. The van der Waals surface area contributed by atoms with Crippen molar-refractivity contribution in [3.8, 4) is 0 Å². The smallest absolute Gasteiger partial charge is 0.317 e. The third-order valence-electron chi connectivity index (χ3n) is 3.71. The lowest BCUT2D eigenvalue weighted by molar-refractivity contribution is -0.136. The third-order valence-corrected chi connectivity index (χ3v) is 4.61. The number of carbonyl (C=O) groups is 2. The number of anilines is 1. The summed E-state index contributed by atoms with van der Waals surface area (Å²) >= 11 is 1.61. The van der Waals surface area contributed by atoms with E-state index in [1.165, 1.54) is 0 Å². The monoisotopic (exact) mass is 335 g/mol. The van der Waals surface area contributed by atoms with E-state index in [-0.39, 0.29) is 19.0 Å². The minimum absolute atomic E-state index is 0.0665. The molecule has 3 rings (SSSR count). The number of thiophene rings is 1. The van der Waals surface area contributed by atoms with Crippen LogP contribution in [0.4, 0.5) is 10.6 Å². The molecule has 0 spiro atoms. The number of nitrogens with zero attached hydrogens (tertiary/aromatic N) is 4. The molecule has 9 heteroatoms. The topological polar surface area (TPSA) is 98.7 Å². The van der Waals surface area contributed by atoms with Gasteiger partial charge in [-0.05, 0) is 11.4 Å². The third kappa shape index (κ3) is 3.50. The number of fused-ring (bicyclic) bond motifs is 1. The molecule has 0 atom stereocenters. The molecule has 0 unspecified atom stereocenters. The SMILES string of the molecule is O=C(O)CCNC(=O)N1CCN(c2ncnc3ccsc23)CC1. The van der Waals surface area contributed by atoms with Gasteiger partial charge in [-0.3, -0.25) is 4.79 Å². The predicted molar refractivity (Wildman–Crippen MR) is 86.9 cm³/mol. The number of hydrogen-bond acceptors (Lipinski definition) is 6. The second-order valence-electron chi connectivity index (χ2n) is 5.18. The van der Waals surface area contributed by atoms with Crippen molar-refractivity contribution in [1.29, 1.82) is 0 Å². The molecule has 0 radical (unpaired) electrons. The Hall–Kier alpha value is -2.42. The number of piperazine rings is 1. The zero-order valence-electron chi connectivity index (χ0n) is 12.4. The average Bonchev–Trinajstić information content (AvgIpc) is 3.03. The van der Waals surface area contributed by atoms with Crippen LogP contribution in [0.3, 0.4) is 0 Å². The lowest BCUT2D eigenvalue weighted by atomic mass is 10.3.